The summed E-state index contributed by atoms with van der Waals surface area (Å²) in [6, 6.07) is 7.85. The summed E-state index contributed by atoms with van der Waals surface area (Å²) in [6.45, 7) is 5.49. The van der Waals surface area contributed by atoms with Gasteiger partial charge in [-0.15, -0.1) is 11.3 Å². The van der Waals surface area contributed by atoms with Gasteiger partial charge in [-0.25, -0.2) is 4.98 Å². The molecule has 0 unspecified atom stereocenters. The van der Waals surface area contributed by atoms with E-state index in [2.05, 4.69) is 45.4 Å². The average molecular weight is 397 g/mol. The molecule has 0 aromatic carbocycles. The van der Waals surface area contributed by atoms with E-state index in [-0.39, 0.29) is 0 Å². The number of anilines is 2. The highest BCUT2D eigenvalue weighted by Crippen LogP contribution is 2.22. The summed E-state index contributed by atoms with van der Waals surface area (Å²) in [5.74, 6) is 1.23. The van der Waals surface area contributed by atoms with Crippen molar-refractivity contribution in [3.8, 4) is 11.3 Å². The highest BCUT2D eigenvalue weighted by Gasteiger charge is 2.10. The van der Waals surface area contributed by atoms with Gasteiger partial charge >= 0.3 is 0 Å². The van der Waals surface area contributed by atoms with E-state index in [9.17, 15) is 0 Å². The summed E-state index contributed by atoms with van der Waals surface area (Å²) in [6.07, 6.45) is 5.31. The molecule has 0 aliphatic carbocycles. The van der Waals surface area contributed by atoms with Crippen LogP contribution in [-0.2, 0) is 4.74 Å². The van der Waals surface area contributed by atoms with E-state index in [1.807, 2.05) is 36.4 Å². The topological polar surface area (TPSA) is 75.5 Å². The highest BCUT2D eigenvalue weighted by molar-refractivity contribution is 7.13. The van der Waals surface area contributed by atoms with E-state index in [0.717, 1.165) is 16.1 Å². The third-order valence-electron chi connectivity index (χ3n) is 4.22. The molecule has 28 heavy (non-hydrogen) atoms. The molecule has 0 radical (unpaired) electrons. The van der Waals surface area contributed by atoms with Gasteiger partial charge in [-0.1, -0.05) is 0 Å². The van der Waals surface area contributed by atoms with Crippen LogP contribution in [0.25, 0.3) is 11.3 Å². The Hall–Kier alpha value is -2.84. The number of methoxy groups -OCH3 is 1. The molecule has 0 saturated heterocycles. The number of pyridine rings is 1. The molecule has 0 fully saturated rings. The highest BCUT2D eigenvalue weighted by atomic mass is 32.1. The van der Waals surface area contributed by atoms with Gasteiger partial charge in [0.2, 0.25) is 5.95 Å². The minimum Gasteiger partial charge on any atom is -0.383 e. The first-order valence-corrected chi connectivity index (χ1v) is 9.74. The zero-order valence-corrected chi connectivity index (χ0v) is 17.3. The van der Waals surface area contributed by atoms with Crippen molar-refractivity contribution in [2.24, 2.45) is 5.10 Å². The molecular formula is C20H24N6OS. The summed E-state index contributed by atoms with van der Waals surface area (Å²) in [7, 11) is 3.62. The Balaban J connectivity index is 1.86. The molecular weight excluding hydrogens is 372 g/mol. The Morgan fingerprint density at radius 1 is 1.21 bits per heavy atom. The summed E-state index contributed by atoms with van der Waals surface area (Å²) in [5, 5.41) is 4.35. The molecule has 146 valence electrons. The van der Waals surface area contributed by atoms with Crippen LogP contribution in [0.15, 0.2) is 41.8 Å². The van der Waals surface area contributed by atoms with Crippen LogP contribution in [0.5, 0.6) is 0 Å². The molecule has 3 aromatic rings. The molecule has 0 spiro atoms. The van der Waals surface area contributed by atoms with Crippen LogP contribution in [0.1, 0.15) is 15.3 Å². The molecule has 3 rings (SSSR count). The van der Waals surface area contributed by atoms with Crippen LogP contribution in [0.3, 0.4) is 0 Å². The van der Waals surface area contributed by atoms with Gasteiger partial charge in [0.1, 0.15) is 0 Å². The molecule has 3 aromatic heterocycles. The largest absolute Gasteiger partial charge is 0.383 e. The second-order valence-electron chi connectivity index (χ2n) is 6.35. The van der Waals surface area contributed by atoms with E-state index in [0.29, 0.717) is 24.9 Å². The zero-order valence-electron chi connectivity index (χ0n) is 16.5. The minimum atomic E-state index is 0.595. The van der Waals surface area contributed by atoms with Gasteiger partial charge in [0.05, 0.1) is 18.5 Å². The predicted molar refractivity (Wildman–Crippen MR) is 115 cm³/mol. The second-order valence-corrected chi connectivity index (χ2v) is 7.63. The fourth-order valence-electron chi connectivity index (χ4n) is 2.49. The molecule has 0 aliphatic rings. The molecule has 1 N–H and O–H groups in total. The Morgan fingerprint density at radius 3 is 2.68 bits per heavy atom. The molecule has 0 saturated carbocycles. The van der Waals surface area contributed by atoms with Crippen LogP contribution in [-0.4, -0.2) is 48.5 Å². The number of hydrogen-bond acceptors (Lipinski definition) is 8. The van der Waals surface area contributed by atoms with Crippen LogP contribution in [0.4, 0.5) is 11.8 Å². The summed E-state index contributed by atoms with van der Waals surface area (Å²) < 4.78 is 5.16. The SMILES string of the molecule is COCCN(C)c1nc(N/N=C/c2cc(C)c(C)s2)cc(-c2ccncc2)n1. The maximum absolute atomic E-state index is 5.16. The van der Waals surface area contributed by atoms with Crippen molar-refractivity contribution in [2.45, 2.75) is 13.8 Å². The lowest BCUT2D eigenvalue weighted by Gasteiger charge is -2.18. The van der Waals surface area contributed by atoms with Crippen LogP contribution < -0.4 is 10.3 Å². The van der Waals surface area contributed by atoms with Crippen molar-refractivity contribution in [3.63, 3.8) is 0 Å². The normalized spacial score (nSPS) is 11.1. The van der Waals surface area contributed by atoms with E-state index >= 15 is 0 Å². The van der Waals surface area contributed by atoms with Crippen LogP contribution in [0.2, 0.25) is 0 Å². The number of ether oxygens (including phenoxy) is 1. The number of nitrogens with zero attached hydrogens (tertiary/aromatic N) is 5. The number of hydrazone groups is 1. The molecule has 0 aliphatic heterocycles. The number of likely N-dealkylation sites (N-methyl/N-ethyl adjacent to an activating group) is 1. The fraction of sp³-hybridized carbons (Fsp3) is 0.300. The lowest BCUT2D eigenvalue weighted by atomic mass is 10.2. The molecule has 8 heteroatoms. The smallest absolute Gasteiger partial charge is 0.227 e. The van der Waals surface area contributed by atoms with Gasteiger partial charge in [-0.2, -0.15) is 10.1 Å². The molecule has 3 heterocycles. The molecule has 7 nitrogen and oxygen atoms in total. The third-order valence-corrected chi connectivity index (χ3v) is 5.31. The predicted octanol–water partition coefficient (Wildman–Crippen LogP) is 3.75. The van der Waals surface area contributed by atoms with Crippen molar-refractivity contribution < 1.29 is 4.74 Å². The lowest BCUT2D eigenvalue weighted by molar-refractivity contribution is 0.206. The first kappa shape index (κ1) is 19.9. The quantitative estimate of drug-likeness (QED) is 0.462. The van der Waals surface area contributed by atoms with E-state index in [1.54, 1.807) is 30.8 Å². The molecule has 0 bridgehead atoms. The van der Waals surface area contributed by atoms with Crippen LogP contribution >= 0.6 is 11.3 Å². The number of thiophene rings is 1. The Morgan fingerprint density at radius 2 is 2.00 bits per heavy atom. The first-order chi connectivity index (χ1) is 13.6. The third kappa shape index (κ3) is 5.11. The van der Waals surface area contributed by atoms with Crippen molar-refractivity contribution in [1.29, 1.82) is 0 Å². The minimum absolute atomic E-state index is 0.595. The summed E-state index contributed by atoms with van der Waals surface area (Å²) in [5.41, 5.74) is 6.08. The standard InChI is InChI=1S/C20H24N6OS/c1-14-11-17(28-15(14)2)13-22-25-19-12-18(16-5-7-21-8-6-16)23-20(24-19)26(3)9-10-27-4/h5-8,11-13H,9-10H2,1-4H3,(H,23,24,25)/b22-13+. The van der Waals surface area contributed by atoms with Gasteiger partial charge in [-0.05, 0) is 37.6 Å². The first-order valence-electron chi connectivity index (χ1n) is 8.92. The van der Waals surface area contributed by atoms with Gasteiger partial charge in [0, 0.05) is 54.5 Å². The van der Waals surface area contributed by atoms with Crippen molar-refractivity contribution in [2.75, 3.05) is 37.6 Å². The zero-order chi connectivity index (χ0) is 19.9. The monoisotopic (exact) mass is 396 g/mol. The van der Waals surface area contributed by atoms with E-state index < -0.39 is 0 Å². The summed E-state index contributed by atoms with van der Waals surface area (Å²) >= 11 is 1.72. The maximum Gasteiger partial charge on any atom is 0.227 e. The molecule has 0 amide bonds. The fourth-order valence-corrected chi connectivity index (χ4v) is 3.40. The Bertz CT molecular complexity index is 922. The number of aryl methyl sites for hydroxylation is 2. The number of hydrogen-bond donors (Lipinski definition) is 1. The lowest BCUT2D eigenvalue weighted by Crippen LogP contribution is -2.24. The van der Waals surface area contributed by atoms with E-state index in [4.69, 9.17) is 4.74 Å². The second kappa shape index (κ2) is 9.38. The van der Waals surface area contributed by atoms with Crippen LogP contribution in [0, 0.1) is 13.8 Å². The van der Waals surface area contributed by atoms with Crippen molar-refractivity contribution >= 4 is 29.3 Å². The van der Waals surface area contributed by atoms with Crippen molar-refractivity contribution in [1.82, 2.24) is 15.0 Å². The maximum atomic E-state index is 5.16. The average Bonchev–Trinajstić information content (AvgIpc) is 3.04. The summed E-state index contributed by atoms with van der Waals surface area (Å²) in [4.78, 5) is 17.7. The van der Waals surface area contributed by atoms with Gasteiger partial charge in [0.15, 0.2) is 5.82 Å². The van der Waals surface area contributed by atoms with Gasteiger partial charge < -0.3 is 9.64 Å². The number of nitrogens with one attached hydrogen (secondary N) is 1. The van der Waals surface area contributed by atoms with Gasteiger partial charge in [-0.3, -0.25) is 10.4 Å². The molecule has 0 atom stereocenters. The number of rotatable bonds is 8. The Labute approximate surface area is 169 Å². The Kier molecular flexibility index (Phi) is 6.67. The van der Waals surface area contributed by atoms with E-state index in [1.165, 1.54) is 10.4 Å². The van der Waals surface area contributed by atoms with Gasteiger partial charge in [0.25, 0.3) is 0 Å². The van der Waals surface area contributed by atoms with Crippen molar-refractivity contribution in [3.05, 3.63) is 52.0 Å². The number of aromatic nitrogens is 3.